The molecular formula is C15H13ClN2O. The topological polar surface area (TPSA) is 48.1 Å². The van der Waals surface area contributed by atoms with Crippen molar-refractivity contribution >= 4 is 11.6 Å². The highest BCUT2D eigenvalue weighted by molar-refractivity contribution is 6.31. The molecule has 0 aliphatic heterocycles. The van der Waals surface area contributed by atoms with Crippen LogP contribution in [0.3, 0.4) is 0 Å². The summed E-state index contributed by atoms with van der Waals surface area (Å²) in [5, 5.41) is 0.689. The molecule has 0 radical (unpaired) electrons. The molecule has 0 amide bonds. The summed E-state index contributed by atoms with van der Waals surface area (Å²) >= 11 is 6.06. The summed E-state index contributed by atoms with van der Waals surface area (Å²) in [5.41, 5.74) is 7.04. The van der Waals surface area contributed by atoms with Crippen molar-refractivity contribution in [2.45, 2.75) is 6.61 Å². The summed E-state index contributed by atoms with van der Waals surface area (Å²) in [7, 11) is 0. The third-order valence-electron chi connectivity index (χ3n) is 2.40. The van der Waals surface area contributed by atoms with E-state index < -0.39 is 0 Å². The van der Waals surface area contributed by atoms with Gasteiger partial charge in [0.05, 0.1) is 12.7 Å². The molecule has 2 rings (SSSR count). The van der Waals surface area contributed by atoms with E-state index in [0.717, 1.165) is 11.1 Å². The van der Waals surface area contributed by atoms with Gasteiger partial charge in [0.1, 0.15) is 12.4 Å². The Balaban J connectivity index is 2.06. The van der Waals surface area contributed by atoms with E-state index >= 15 is 0 Å². The molecule has 3 nitrogen and oxygen atoms in total. The number of aromatic nitrogens is 1. The van der Waals surface area contributed by atoms with Crippen LogP contribution in [0.5, 0.6) is 5.75 Å². The molecule has 1 heterocycles. The molecule has 1 aromatic heterocycles. The fourth-order valence-electron chi connectivity index (χ4n) is 1.50. The molecular weight excluding hydrogens is 260 g/mol. The quantitative estimate of drug-likeness (QED) is 0.874. The number of pyridine rings is 1. The van der Waals surface area contributed by atoms with Crippen LogP contribution in [0.1, 0.15) is 11.1 Å². The van der Waals surface area contributed by atoms with Gasteiger partial charge < -0.3 is 10.5 Å². The number of rotatable bonds is 3. The van der Waals surface area contributed by atoms with Crippen LogP contribution in [0.15, 0.2) is 42.7 Å². The molecule has 0 spiro atoms. The molecule has 0 saturated heterocycles. The zero-order valence-corrected chi connectivity index (χ0v) is 11.0. The van der Waals surface area contributed by atoms with Crippen molar-refractivity contribution in [2.75, 3.05) is 6.54 Å². The zero-order chi connectivity index (χ0) is 13.5. The van der Waals surface area contributed by atoms with E-state index in [4.69, 9.17) is 22.1 Å². The van der Waals surface area contributed by atoms with Gasteiger partial charge >= 0.3 is 0 Å². The second-order valence-electron chi connectivity index (χ2n) is 3.80. The third kappa shape index (κ3) is 3.99. The smallest absolute Gasteiger partial charge is 0.139 e. The Labute approximate surface area is 117 Å². The van der Waals surface area contributed by atoms with Crippen molar-refractivity contribution in [1.82, 2.24) is 4.98 Å². The van der Waals surface area contributed by atoms with E-state index in [1.807, 2.05) is 30.3 Å². The lowest BCUT2D eigenvalue weighted by Gasteiger charge is -2.07. The summed E-state index contributed by atoms with van der Waals surface area (Å²) < 4.78 is 5.65. The van der Waals surface area contributed by atoms with E-state index in [-0.39, 0.29) is 0 Å². The summed E-state index contributed by atoms with van der Waals surface area (Å²) in [6.07, 6.45) is 3.31. The van der Waals surface area contributed by atoms with Crippen LogP contribution in [0.2, 0.25) is 5.02 Å². The Kier molecular flexibility index (Phi) is 4.79. The highest BCUT2D eigenvalue weighted by Gasteiger charge is 2.01. The molecule has 0 fully saturated rings. The lowest BCUT2D eigenvalue weighted by Crippen LogP contribution is -1.97. The first-order valence-electron chi connectivity index (χ1n) is 5.80. The van der Waals surface area contributed by atoms with Gasteiger partial charge in [-0.2, -0.15) is 0 Å². The molecule has 0 unspecified atom stereocenters. The number of nitrogens with zero attached hydrogens (tertiary/aromatic N) is 1. The van der Waals surface area contributed by atoms with Gasteiger partial charge in [-0.05, 0) is 12.1 Å². The number of benzene rings is 1. The molecule has 2 aromatic rings. The van der Waals surface area contributed by atoms with Crippen molar-refractivity contribution in [3.63, 3.8) is 0 Å². The van der Waals surface area contributed by atoms with Crippen LogP contribution in [0.25, 0.3) is 0 Å². The lowest BCUT2D eigenvalue weighted by atomic mass is 10.2. The van der Waals surface area contributed by atoms with Gasteiger partial charge in [0.25, 0.3) is 0 Å². The normalized spacial score (nSPS) is 9.58. The standard InChI is InChI=1S/C15H13ClN2O/c16-15-6-2-1-5-13(15)11-19-14-8-12(4-3-7-17)9-18-10-14/h1-2,5-6,8-10H,7,11,17H2. The Hall–Kier alpha value is -2.02. The average Bonchev–Trinajstić information content (AvgIpc) is 2.45. The minimum absolute atomic E-state index is 0.324. The second-order valence-corrected chi connectivity index (χ2v) is 4.20. The van der Waals surface area contributed by atoms with Crippen LogP contribution >= 0.6 is 11.6 Å². The van der Waals surface area contributed by atoms with Crippen LogP contribution in [-0.4, -0.2) is 11.5 Å². The summed E-state index contributed by atoms with van der Waals surface area (Å²) in [5.74, 6) is 6.34. The highest BCUT2D eigenvalue weighted by atomic mass is 35.5. The van der Waals surface area contributed by atoms with Crippen molar-refractivity contribution < 1.29 is 4.74 Å². The first kappa shape index (κ1) is 13.4. The Morgan fingerprint density at radius 3 is 2.89 bits per heavy atom. The Bertz CT molecular complexity index is 617. The minimum Gasteiger partial charge on any atom is -0.487 e. The van der Waals surface area contributed by atoms with Gasteiger partial charge in [0, 0.05) is 22.3 Å². The maximum absolute atomic E-state index is 6.06. The number of halogens is 1. The molecule has 4 heteroatoms. The van der Waals surface area contributed by atoms with Crippen LogP contribution in [0.4, 0.5) is 0 Å². The predicted molar refractivity (Wildman–Crippen MR) is 76.0 cm³/mol. The van der Waals surface area contributed by atoms with Gasteiger partial charge in [-0.15, -0.1) is 0 Å². The zero-order valence-electron chi connectivity index (χ0n) is 10.3. The molecule has 1 aromatic carbocycles. The largest absolute Gasteiger partial charge is 0.487 e. The monoisotopic (exact) mass is 272 g/mol. The van der Waals surface area contributed by atoms with E-state index in [1.165, 1.54) is 0 Å². The number of ether oxygens (including phenoxy) is 1. The van der Waals surface area contributed by atoms with Gasteiger partial charge in [-0.3, -0.25) is 4.98 Å². The molecule has 0 aliphatic rings. The molecule has 0 atom stereocenters. The first-order valence-corrected chi connectivity index (χ1v) is 6.17. The first-order chi connectivity index (χ1) is 9.29. The van der Waals surface area contributed by atoms with E-state index in [2.05, 4.69) is 16.8 Å². The SMILES string of the molecule is NCC#Cc1cncc(OCc2ccccc2Cl)c1. The third-order valence-corrected chi connectivity index (χ3v) is 2.77. The number of nitrogens with two attached hydrogens (primary N) is 1. The second kappa shape index (κ2) is 6.79. The maximum atomic E-state index is 6.06. The van der Waals surface area contributed by atoms with Gasteiger partial charge in [-0.25, -0.2) is 0 Å². The van der Waals surface area contributed by atoms with Gasteiger partial charge in [-0.1, -0.05) is 41.6 Å². The maximum Gasteiger partial charge on any atom is 0.139 e. The summed E-state index contributed by atoms with van der Waals surface area (Å²) in [4.78, 5) is 4.07. The molecule has 96 valence electrons. The van der Waals surface area contributed by atoms with Crippen molar-refractivity contribution in [1.29, 1.82) is 0 Å². The Morgan fingerprint density at radius 2 is 2.11 bits per heavy atom. The van der Waals surface area contributed by atoms with Crippen molar-refractivity contribution in [3.05, 3.63) is 58.9 Å². The predicted octanol–water partition coefficient (Wildman–Crippen LogP) is 2.62. The van der Waals surface area contributed by atoms with Crippen LogP contribution < -0.4 is 10.5 Å². The highest BCUT2D eigenvalue weighted by Crippen LogP contribution is 2.18. The fraction of sp³-hybridized carbons (Fsp3) is 0.133. The van der Waals surface area contributed by atoms with Gasteiger partial charge in [0.15, 0.2) is 0 Å². The van der Waals surface area contributed by atoms with E-state index in [1.54, 1.807) is 12.4 Å². The summed E-state index contributed by atoms with van der Waals surface area (Å²) in [6.45, 7) is 0.722. The fourth-order valence-corrected chi connectivity index (χ4v) is 1.69. The van der Waals surface area contributed by atoms with E-state index in [9.17, 15) is 0 Å². The molecule has 19 heavy (non-hydrogen) atoms. The molecule has 0 aliphatic carbocycles. The minimum atomic E-state index is 0.324. The molecule has 0 bridgehead atoms. The van der Waals surface area contributed by atoms with E-state index in [0.29, 0.717) is 23.9 Å². The van der Waals surface area contributed by atoms with Crippen LogP contribution in [0, 0.1) is 11.8 Å². The number of hydrogen-bond acceptors (Lipinski definition) is 3. The lowest BCUT2D eigenvalue weighted by molar-refractivity contribution is 0.305. The summed E-state index contributed by atoms with van der Waals surface area (Å²) in [6, 6.07) is 9.39. The molecule has 2 N–H and O–H groups in total. The Morgan fingerprint density at radius 1 is 1.26 bits per heavy atom. The van der Waals surface area contributed by atoms with Gasteiger partial charge in [0.2, 0.25) is 0 Å². The molecule has 0 saturated carbocycles. The van der Waals surface area contributed by atoms with Crippen LogP contribution in [-0.2, 0) is 6.61 Å². The van der Waals surface area contributed by atoms with Crippen molar-refractivity contribution in [2.24, 2.45) is 5.73 Å². The van der Waals surface area contributed by atoms with Crippen molar-refractivity contribution in [3.8, 4) is 17.6 Å². The number of hydrogen-bond donors (Lipinski definition) is 1. The average molecular weight is 273 g/mol.